The molecule has 4 rings (SSSR count). The van der Waals surface area contributed by atoms with Crippen molar-refractivity contribution >= 4 is 22.9 Å². The second-order valence-electron chi connectivity index (χ2n) is 6.29. The van der Waals surface area contributed by atoms with Crippen LogP contribution in [0.1, 0.15) is 16.4 Å². The molecule has 0 saturated heterocycles. The zero-order valence-corrected chi connectivity index (χ0v) is 17.0. The van der Waals surface area contributed by atoms with Crippen LogP contribution in [0.15, 0.2) is 35.7 Å². The van der Waals surface area contributed by atoms with Gasteiger partial charge in [-0.15, -0.1) is 11.3 Å². The van der Waals surface area contributed by atoms with Gasteiger partial charge in [0, 0.05) is 10.4 Å². The highest BCUT2D eigenvalue weighted by atomic mass is 32.1. The largest absolute Gasteiger partial charge is 0.493 e. The van der Waals surface area contributed by atoms with Gasteiger partial charge >= 0.3 is 0 Å². The molecule has 0 atom stereocenters. The molecule has 0 bridgehead atoms. The molecule has 28 heavy (non-hydrogen) atoms. The second kappa shape index (κ2) is 7.47. The number of rotatable bonds is 6. The number of benzene rings is 1. The minimum atomic E-state index is 0.667. The SMILES string of the molecule is COc1ccc(-c2c(C)nn3c(NCc4cccs4)nc(C)nc23)cc1OC. The summed E-state index contributed by atoms with van der Waals surface area (Å²) in [5, 5.41) is 10.1. The molecule has 0 unspecified atom stereocenters. The number of ether oxygens (including phenoxy) is 2. The Hall–Kier alpha value is -3.13. The molecule has 3 aromatic heterocycles. The highest BCUT2D eigenvalue weighted by Gasteiger charge is 2.18. The van der Waals surface area contributed by atoms with E-state index in [-0.39, 0.29) is 0 Å². The van der Waals surface area contributed by atoms with E-state index in [9.17, 15) is 0 Å². The Bertz CT molecular complexity index is 1120. The summed E-state index contributed by atoms with van der Waals surface area (Å²) in [6, 6.07) is 9.95. The summed E-state index contributed by atoms with van der Waals surface area (Å²) in [5.41, 5.74) is 3.54. The van der Waals surface area contributed by atoms with Gasteiger partial charge in [0.1, 0.15) is 5.82 Å². The molecule has 1 N–H and O–H groups in total. The van der Waals surface area contributed by atoms with E-state index in [0.29, 0.717) is 29.8 Å². The standard InChI is InChI=1S/C20H21N5O2S/c1-12-18(14-7-8-16(26-3)17(10-14)27-4)19-22-13(2)23-20(25(19)24-12)21-11-15-6-5-9-28-15/h5-10H,11H2,1-4H3,(H,21,22,23). The zero-order chi connectivity index (χ0) is 19.7. The number of hydrogen-bond acceptors (Lipinski definition) is 7. The van der Waals surface area contributed by atoms with Crippen LogP contribution in [0.5, 0.6) is 11.5 Å². The van der Waals surface area contributed by atoms with Crippen LogP contribution in [0.25, 0.3) is 16.8 Å². The predicted molar refractivity (Wildman–Crippen MR) is 110 cm³/mol. The first-order chi connectivity index (χ1) is 13.6. The molecule has 0 saturated carbocycles. The maximum atomic E-state index is 5.46. The number of fused-ring (bicyclic) bond motifs is 1. The number of hydrogen-bond donors (Lipinski definition) is 1. The molecule has 0 aliphatic heterocycles. The lowest BCUT2D eigenvalue weighted by molar-refractivity contribution is 0.355. The van der Waals surface area contributed by atoms with Gasteiger partial charge < -0.3 is 14.8 Å². The van der Waals surface area contributed by atoms with Crippen molar-refractivity contribution in [3.8, 4) is 22.6 Å². The number of aromatic nitrogens is 4. The summed E-state index contributed by atoms with van der Waals surface area (Å²) in [6.45, 7) is 4.55. The predicted octanol–water partition coefficient (Wildman–Crippen LogP) is 4.10. The molecule has 0 aliphatic carbocycles. The van der Waals surface area contributed by atoms with Gasteiger partial charge in [-0.05, 0) is 43.0 Å². The van der Waals surface area contributed by atoms with Crippen LogP contribution in [0, 0.1) is 13.8 Å². The van der Waals surface area contributed by atoms with Gasteiger partial charge in [0.05, 0.1) is 26.5 Å². The molecule has 0 spiro atoms. The highest BCUT2D eigenvalue weighted by Crippen LogP contribution is 2.35. The quantitative estimate of drug-likeness (QED) is 0.530. The fraction of sp³-hybridized carbons (Fsp3) is 0.250. The van der Waals surface area contributed by atoms with Crippen molar-refractivity contribution < 1.29 is 9.47 Å². The van der Waals surface area contributed by atoms with Crippen LogP contribution in [-0.4, -0.2) is 33.8 Å². The van der Waals surface area contributed by atoms with Crippen molar-refractivity contribution in [2.24, 2.45) is 0 Å². The van der Waals surface area contributed by atoms with Crippen LogP contribution < -0.4 is 14.8 Å². The molecule has 0 amide bonds. The van der Waals surface area contributed by atoms with Gasteiger partial charge in [0.25, 0.3) is 0 Å². The Kier molecular flexibility index (Phi) is 4.87. The number of thiophene rings is 1. The van der Waals surface area contributed by atoms with Crippen LogP contribution in [0.3, 0.4) is 0 Å². The van der Waals surface area contributed by atoms with Crippen molar-refractivity contribution in [1.29, 1.82) is 0 Å². The number of methoxy groups -OCH3 is 2. The maximum Gasteiger partial charge on any atom is 0.227 e. The summed E-state index contributed by atoms with van der Waals surface area (Å²) >= 11 is 1.70. The van der Waals surface area contributed by atoms with Gasteiger partial charge in [0.2, 0.25) is 5.95 Å². The third-order valence-electron chi connectivity index (χ3n) is 4.45. The number of nitrogens with one attached hydrogen (secondary N) is 1. The smallest absolute Gasteiger partial charge is 0.227 e. The Labute approximate surface area is 167 Å². The molecule has 144 valence electrons. The lowest BCUT2D eigenvalue weighted by Gasteiger charge is -2.10. The van der Waals surface area contributed by atoms with Gasteiger partial charge in [-0.2, -0.15) is 14.6 Å². The minimum Gasteiger partial charge on any atom is -0.493 e. The molecule has 0 aliphatic rings. The van der Waals surface area contributed by atoms with Gasteiger partial charge in [-0.3, -0.25) is 0 Å². The third kappa shape index (κ3) is 3.27. The molecular weight excluding hydrogens is 374 g/mol. The van der Waals surface area contributed by atoms with E-state index < -0.39 is 0 Å². The van der Waals surface area contributed by atoms with Crippen molar-refractivity contribution in [1.82, 2.24) is 19.6 Å². The molecule has 4 aromatic rings. The van der Waals surface area contributed by atoms with Gasteiger partial charge in [-0.1, -0.05) is 12.1 Å². The fourth-order valence-corrected chi connectivity index (χ4v) is 3.81. The summed E-state index contributed by atoms with van der Waals surface area (Å²) in [7, 11) is 3.25. The van der Waals surface area contributed by atoms with Crippen LogP contribution >= 0.6 is 11.3 Å². The number of aryl methyl sites for hydroxylation is 2. The van der Waals surface area contributed by atoms with Gasteiger partial charge in [-0.25, -0.2) is 4.98 Å². The van der Waals surface area contributed by atoms with E-state index in [1.165, 1.54) is 4.88 Å². The van der Waals surface area contributed by atoms with Crippen molar-refractivity contribution in [2.75, 3.05) is 19.5 Å². The molecular formula is C20H21N5O2S. The Morgan fingerprint density at radius 1 is 1.07 bits per heavy atom. The molecule has 7 nitrogen and oxygen atoms in total. The highest BCUT2D eigenvalue weighted by molar-refractivity contribution is 7.09. The first-order valence-corrected chi connectivity index (χ1v) is 9.71. The maximum absolute atomic E-state index is 5.46. The number of anilines is 1. The van der Waals surface area contributed by atoms with Crippen LogP contribution in [0.4, 0.5) is 5.95 Å². The monoisotopic (exact) mass is 395 g/mol. The summed E-state index contributed by atoms with van der Waals surface area (Å²) in [5.74, 6) is 2.71. The molecule has 0 fully saturated rings. The Morgan fingerprint density at radius 3 is 2.61 bits per heavy atom. The van der Waals surface area contributed by atoms with E-state index in [0.717, 1.165) is 22.5 Å². The summed E-state index contributed by atoms with van der Waals surface area (Å²) in [4.78, 5) is 10.4. The average Bonchev–Trinajstić information content (AvgIpc) is 3.32. The van der Waals surface area contributed by atoms with Crippen LogP contribution in [-0.2, 0) is 6.54 Å². The van der Waals surface area contributed by atoms with Crippen molar-refractivity contribution in [3.05, 3.63) is 52.1 Å². The topological polar surface area (TPSA) is 73.6 Å². The lowest BCUT2D eigenvalue weighted by Crippen LogP contribution is -2.09. The molecule has 3 heterocycles. The fourth-order valence-electron chi connectivity index (χ4n) is 3.17. The second-order valence-corrected chi connectivity index (χ2v) is 7.33. The first kappa shape index (κ1) is 18.2. The molecule has 8 heteroatoms. The van der Waals surface area contributed by atoms with E-state index in [1.54, 1.807) is 30.1 Å². The van der Waals surface area contributed by atoms with E-state index in [2.05, 4.69) is 31.8 Å². The minimum absolute atomic E-state index is 0.667. The molecule has 1 aromatic carbocycles. The normalized spacial score (nSPS) is 11.0. The average molecular weight is 395 g/mol. The summed E-state index contributed by atoms with van der Waals surface area (Å²) < 4.78 is 12.6. The van der Waals surface area contributed by atoms with Gasteiger partial charge in [0.15, 0.2) is 17.1 Å². The van der Waals surface area contributed by atoms with Crippen molar-refractivity contribution in [2.45, 2.75) is 20.4 Å². The van der Waals surface area contributed by atoms with E-state index in [1.807, 2.05) is 38.1 Å². The molecule has 0 radical (unpaired) electrons. The van der Waals surface area contributed by atoms with E-state index in [4.69, 9.17) is 9.47 Å². The third-order valence-corrected chi connectivity index (χ3v) is 5.32. The van der Waals surface area contributed by atoms with E-state index >= 15 is 0 Å². The summed E-state index contributed by atoms with van der Waals surface area (Å²) in [6.07, 6.45) is 0. The number of nitrogens with zero attached hydrogens (tertiary/aromatic N) is 4. The lowest BCUT2D eigenvalue weighted by atomic mass is 10.1. The Balaban J connectivity index is 1.81. The Morgan fingerprint density at radius 2 is 1.89 bits per heavy atom. The first-order valence-electron chi connectivity index (χ1n) is 8.83. The zero-order valence-electron chi connectivity index (χ0n) is 16.2. The van der Waals surface area contributed by atoms with Crippen LogP contribution in [0.2, 0.25) is 0 Å². The van der Waals surface area contributed by atoms with Crippen molar-refractivity contribution in [3.63, 3.8) is 0 Å².